The van der Waals surface area contributed by atoms with Crippen LogP contribution in [0.4, 0.5) is 0 Å². The van der Waals surface area contributed by atoms with Crippen LogP contribution in [-0.4, -0.2) is 13.7 Å². The van der Waals surface area contributed by atoms with Crippen molar-refractivity contribution in [3.05, 3.63) is 63.1 Å². The smallest absolute Gasteiger partial charge is 0.122 e. The molecule has 0 bridgehead atoms. The van der Waals surface area contributed by atoms with Crippen molar-refractivity contribution in [2.24, 2.45) is 0 Å². The zero-order chi connectivity index (χ0) is 14.8. The largest absolute Gasteiger partial charge is 0.493 e. The van der Waals surface area contributed by atoms with Gasteiger partial charge in [0.1, 0.15) is 5.75 Å². The quantitative estimate of drug-likeness (QED) is 0.890. The van der Waals surface area contributed by atoms with Crippen LogP contribution in [-0.2, 0) is 6.42 Å². The Morgan fingerprint density at radius 1 is 1.19 bits per heavy atom. The lowest BCUT2D eigenvalue weighted by atomic mass is 9.95. The summed E-state index contributed by atoms with van der Waals surface area (Å²) in [5, 5.41) is 4.51. The van der Waals surface area contributed by atoms with Gasteiger partial charge in [-0.2, -0.15) is 0 Å². The van der Waals surface area contributed by atoms with Gasteiger partial charge in [-0.1, -0.05) is 47.5 Å². The van der Waals surface area contributed by atoms with Crippen molar-refractivity contribution in [3.8, 4) is 5.75 Å². The minimum Gasteiger partial charge on any atom is -0.493 e. The SMILES string of the molecule is CNC(c1ccc2c(c1)CCCO2)c1cccc(Cl)c1Cl. The molecule has 0 spiro atoms. The van der Waals surface area contributed by atoms with Crippen molar-refractivity contribution in [3.63, 3.8) is 0 Å². The van der Waals surface area contributed by atoms with E-state index in [1.165, 1.54) is 11.1 Å². The molecular formula is C17H17Cl2NO. The predicted octanol–water partition coefficient (Wildman–Crippen LogP) is 4.63. The molecule has 1 unspecified atom stereocenters. The van der Waals surface area contributed by atoms with E-state index in [4.69, 9.17) is 27.9 Å². The summed E-state index contributed by atoms with van der Waals surface area (Å²) in [6.45, 7) is 0.807. The Morgan fingerprint density at radius 2 is 2.05 bits per heavy atom. The molecule has 0 fully saturated rings. The summed E-state index contributed by atoms with van der Waals surface area (Å²) in [7, 11) is 1.93. The van der Waals surface area contributed by atoms with Crippen LogP contribution in [0, 0.1) is 0 Å². The standard InChI is InChI=1S/C17H17Cl2NO/c1-20-17(13-5-2-6-14(18)16(13)19)12-7-8-15-11(10-12)4-3-9-21-15/h2,5-8,10,17,20H,3-4,9H2,1H3. The normalized spacial score (nSPS) is 15.2. The zero-order valence-corrected chi connectivity index (χ0v) is 13.3. The van der Waals surface area contributed by atoms with E-state index in [0.717, 1.165) is 30.8 Å². The molecule has 1 atom stereocenters. The van der Waals surface area contributed by atoms with E-state index in [1.54, 1.807) is 6.07 Å². The highest BCUT2D eigenvalue weighted by Crippen LogP contribution is 2.35. The fourth-order valence-electron chi connectivity index (χ4n) is 2.81. The van der Waals surface area contributed by atoms with Gasteiger partial charge in [0, 0.05) is 0 Å². The maximum absolute atomic E-state index is 6.36. The Morgan fingerprint density at radius 3 is 2.86 bits per heavy atom. The number of fused-ring (bicyclic) bond motifs is 1. The molecule has 0 aromatic heterocycles. The molecule has 1 aliphatic rings. The molecule has 21 heavy (non-hydrogen) atoms. The zero-order valence-electron chi connectivity index (χ0n) is 11.8. The first-order valence-electron chi connectivity index (χ1n) is 7.07. The molecule has 110 valence electrons. The molecular weight excluding hydrogens is 305 g/mol. The summed E-state index contributed by atoms with van der Waals surface area (Å²) in [5.74, 6) is 0.997. The molecule has 0 aliphatic carbocycles. The minimum atomic E-state index is 0.0171. The van der Waals surface area contributed by atoms with Crippen molar-refractivity contribution in [2.75, 3.05) is 13.7 Å². The Balaban J connectivity index is 2.02. The summed E-state index contributed by atoms with van der Waals surface area (Å²) in [6, 6.07) is 12.1. The van der Waals surface area contributed by atoms with Crippen LogP contribution in [0.2, 0.25) is 10.0 Å². The van der Waals surface area contributed by atoms with Crippen molar-refractivity contribution < 1.29 is 4.74 Å². The van der Waals surface area contributed by atoms with E-state index in [9.17, 15) is 0 Å². The van der Waals surface area contributed by atoms with Gasteiger partial charge in [0.2, 0.25) is 0 Å². The molecule has 0 amide bonds. The first kappa shape index (κ1) is 14.7. The summed E-state index contributed by atoms with van der Waals surface area (Å²) < 4.78 is 5.67. The maximum Gasteiger partial charge on any atom is 0.122 e. The van der Waals surface area contributed by atoms with Crippen LogP contribution in [0.1, 0.15) is 29.2 Å². The van der Waals surface area contributed by atoms with E-state index < -0.39 is 0 Å². The van der Waals surface area contributed by atoms with Crippen LogP contribution in [0.15, 0.2) is 36.4 Å². The van der Waals surface area contributed by atoms with Crippen molar-refractivity contribution >= 4 is 23.2 Å². The summed E-state index contributed by atoms with van der Waals surface area (Å²) in [4.78, 5) is 0. The third-order valence-electron chi connectivity index (χ3n) is 3.85. The highest BCUT2D eigenvalue weighted by molar-refractivity contribution is 6.42. The summed E-state index contributed by atoms with van der Waals surface area (Å²) in [6.07, 6.45) is 2.13. The lowest BCUT2D eigenvalue weighted by molar-refractivity contribution is 0.288. The van der Waals surface area contributed by atoms with Crippen molar-refractivity contribution in [2.45, 2.75) is 18.9 Å². The minimum absolute atomic E-state index is 0.0171. The lowest BCUT2D eigenvalue weighted by Gasteiger charge is -2.23. The molecule has 1 aliphatic heterocycles. The number of rotatable bonds is 3. The molecule has 2 aromatic rings. The number of aryl methyl sites for hydroxylation is 1. The van der Waals surface area contributed by atoms with E-state index in [2.05, 4.69) is 17.4 Å². The summed E-state index contributed by atoms with van der Waals surface area (Å²) in [5.41, 5.74) is 3.42. The van der Waals surface area contributed by atoms with E-state index >= 15 is 0 Å². The van der Waals surface area contributed by atoms with Gasteiger partial charge >= 0.3 is 0 Å². The van der Waals surface area contributed by atoms with E-state index in [0.29, 0.717) is 10.0 Å². The number of nitrogens with one attached hydrogen (secondary N) is 1. The Kier molecular flexibility index (Phi) is 4.39. The number of hydrogen-bond acceptors (Lipinski definition) is 2. The van der Waals surface area contributed by atoms with Crippen molar-refractivity contribution in [1.82, 2.24) is 5.32 Å². The second-order valence-electron chi connectivity index (χ2n) is 5.18. The number of benzene rings is 2. The molecule has 0 saturated carbocycles. The van der Waals surface area contributed by atoms with Crippen LogP contribution in [0.5, 0.6) is 5.75 Å². The molecule has 0 radical (unpaired) electrons. The van der Waals surface area contributed by atoms with Crippen molar-refractivity contribution in [1.29, 1.82) is 0 Å². The van der Waals surface area contributed by atoms with Gasteiger partial charge in [0.15, 0.2) is 0 Å². The fourth-order valence-corrected chi connectivity index (χ4v) is 3.22. The average molecular weight is 322 g/mol. The topological polar surface area (TPSA) is 21.3 Å². The Labute approximate surface area is 135 Å². The van der Waals surface area contributed by atoms with Crippen LogP contribution >= 0.6 is 23.2 Å². The highest BCUT2D eigenvalue weighted by Gasteiger charge is 2.19. The number of hydrogen-bond donors (Lipinski definition) is 1. The third kappa shape index (κ3) is 2.89. The van der Waals surface area contributed by atoms with E-state index in [-0.39, 0.29) is 6.04 Å². The fraction of sp³-hybridized carbons (Fsp3) is 0.294. The monoisotopic (exact) mass is 321 g/mol. The molecule has 3 rings (SSSR count). The first-order valence-corrected chi connectivity index (χ1v) is 7.83. The maximum atomic E-state index is 6.36. The van der Waals surface area contributed by atoms with Crippen LogP contribution in [0.25, 0.3) is 0 Å². The lowest BCUT2D eigenvalue weighted by Crippen LogP contribution is -2.19. The number of ether oxygens (including phenoxy) is 1. The predicted molar refractivity (Wildman–Crippen MR) is 87.6 cm³/mol. The second kappa shape index (κ2) is 6.27. The van der Waals surface area contributed by atoms with Gasteiger partial charge < -0.3 is 10.1 Å². The van der Waals surface area contributed by atoms with Crippen LogP contribution < -0.4 is 10.1 Å². The molecule has 2 aromatic carbocycles. The third-order valence-corrected chi connectivity index (χ3v) is 4.68. The first-order chi connectivity index (χ1) is 10.2. The van der Waals surface area contributed by atoms with Gasteiger partial charge in [-0.15, -0.1) is 0 Å². The molecule has 0 saturated heterocycles. The van der Waals surface area contributed by atoms with Gasteiger partial charge in [-0.05, 0) is 48.7 Å². The molecule has 1 N–H and O–H groups in total. The van der Waals surface area contributed by atoms with Gasteiger partial charge in [0.05, 0.1) is 22.7 Å². The summed E-state index contributed by atoms with van der Waals surface area (Å²) >= 11 is 12.5. The molecule has 1 heterocycles. The molecule has 4 heteroatoms. The highest BCUT2D eigenvalue weighted by atomic mass is 35.5. The Bertz CT molecular complexity index is 657. The van der Waals surface area contributed by atoms with Gasteiger partial charge in [0.25, 0.3) is 0 Å². The molecule has 2 nitrogen and oxygen atoms in total. The van der Waals surface area contributed by atoms with Gasteiger partial charge in [-0.3, -0.25) is 0 Å². The van der Waals surface area contributed by atoms with Crippen LogP contribution in [0.3, 0.4) is 0 Å². The van der Waals surface area contributed by atoms with E-state index in [1.807, 2.05) is 25.2 Å². The van der Waals surface area contributed by atoms with Gasteiger partial charge in [-0.25, -0.2) is 0 Å². The Hall–Kier alpha value is -1.22. The average Bonchev–Trinajstić information content (AvgIpc) is 2.52. The second-order valence-corrected chi connectivity index (χ2v) is 5.97. The number of halogens is 2.